The topological polar surface area (TPSA) is 107 Å². The lowest BCUT2D eigenvalue weighted by Crippen LogP contribution is -2.48. The third-order valence-electron chi connectivity index (χ3n) is 4.58. The van der Waals surface area contributed by atoms with E-state index in [-0.39, 0.29) is 17.3 Å². The van der Waals surface area contributed by atoms with Crippen LogP contribution in [0.3, 0.4) is 0 Å². The van der Waals surface area contributed by atoms with Crippen molar-refractivity contribution in [1.82, 2.24) is 15.1 Å². The standard InChI is InChI=1S/C19H16F3N5O3/c20-19(21,22)13-3-1-2-11(8-13)17-25-18(30-26-17)12-4-5-15(24-9-12)27-6-7-29-14(10-27)16(23)28/h1-5,8-9,14H,6-7,10H2,(H2,23,28)/t14-/m1/s1. The summed E-state index contributed by atoms with van der Waals surface area (Å²) in [4.78, 5) is 21.7. The van der Waals surface area contributed by atoms with Gasteiger partial charge >= 0.3 is 6.18 Å². The quantitative estimate of drug-likeness (QED) is 0.692. The maximum Gasteiger partial charge on any atom is 0.416 e. The van der Waals surface area contributed by atoms with Crippen molar-refractivity contribution in [2.45, 2.75) is 12.3 Å². The van der Waals surface area contributed by atoms with E-state index in [1.807, 2.05) is 4.90 Å². The van der Waals surface area contributed by atoms with Gasteiger partial charge in [0.05, 0.1) is 24.3 Å². The van der Waals surface area contributed by atoms with E-state index in [0.717, 1.165) is 12.1 Å². The highest BCUT2D eigenvalue weighted by molar-refractivity contribution is 5.79. The molecule has 0 bridgehead atoms. The Morgan fingerprint density at radius 1 is 1.20 bits per heavy atom. The van der Waals surface area contributed by atoms with E-state index in [9.17, 15) is 18.0 Å². The highest BCUT2D eigenvalue weighted by atomic mass is 19.4. The second-order valence-electron chi connectivity index (χ2n) is 6.61. The zero-order valence-electron chi connectivity index (χ0n) is 15.5. The van der Waals surface area contributed by atoms with E-state index in [1.54, 1.807) is 12.1 Å². The molecular weight excluding hydrogens is 403 g/mol. The van der Waals surface area contributed by atoms with Crippen molar-refractivity contribution in [3.63, 3.8) is 0 Å². The number of morpholine rings is 1. The number of nitrogens with two attached hydrogens (primary N) is 1. The van der Waals surface area contributed by atoms with Crippen LogP contribution in [0.5, 0.6) is 0 Å². The Hall–Kier alpha value is -3.47. The number of carbonyl (C=O) groups is 1. The molecule has 11 heteroatoms. The third kappa shape index (κ3) is 4.10. The number of rotatable bonds is 4. The van der Waals surface area contributed by atoms with E-state index in [4.69, 9.17) is 15.0 Å². The number of nitrogens with zero attached hydrogens (tertiary/aromatic N) is 4. The molecule has 8 nitrogen and oxygen atoms in total. The molecule has 30 heavy (non-hydrogen) atoms. The number of benzene rings is 1. The molecule has 1 amide bonds. The van der Waals surface area contributed by atoms with Crippen LogP contribution in [0, 0.1) is 0 Å². The summed E-state index contributed by atoms with van der Waals surface area (Å²) in [6.45, 7) is 1.19. The van der Waals surface area contributed by atoms with Gasteiger partial charge in [-0.25, -0.2) is 4.98 Å². The average Bonchev–Trinajstić information content (AvgIpc) is 3.24. The first-order valence-electron chi connectivity index (χ1n) is 8.95. The largest absolute Gasteiger partial charge is 0.416 e. The minimum atomic E-state index is -4.46. The molecule has 0 saturated carbocycles. The van der Waals surface area contributed by atoms with E-state index < -0.39 is 23.8 Å². The number of primary amides is 1. The lowest BCUT2D eigenvalue weighted by atomic mass is 10.1. The number of carbonyl (C=O) groups excluding carboxylic acids is 1. The molecule has 4 rings (SSSR count). The molecule has 0 radical (unpaired) electrons. The fourth-order valence-corrected chi connectivity index (χ4v) is 3.02. The van der Waals surface area contributed by atoms with Gasteiger partial charge in [-0.15, -0.1) is 0 Å². The number of pyridine rings is 1. The number of hydrogen-bond acceptors (Lipinski definition) is 7. The third-order valence-corrected chi connectivity index (χ3v) is 4.58. The van der Waals surface area contributed by atoms with E-state index in [1.165, 1.54) is 18.3 Å². The van der Waals surface area contributed by atoms with Gasteiger partial charge < -0.3 is 19.9 Å². The Morgan fingerprint density at radius 3 is 2.73 bits per heavy atom. The Balaban J connectivity index is 1.52. The predicted octanol–water partition coefficient (Wildman–Crippen LogP) is 2.51. The summed E-state index contributed by atoms with van der Waals surface area (Å²) in [5.74, 6) is 0.242. The highest BCUT2D eigenvalue weighted by Crippen LogP contribution is 2.32. The molecule has 1 aliphatic heterocycles. The minimum absolute atomic E-state index is 0.0395. The SMILES string of the molecule is NC(=O)[C@H]1CN(c2ccc(-c3nc(-c4cccc(C(F)(F)F)c4)no3)cn2)CCO1. The lowest BCUT2D eigenvalue weighted by molar-refractivity contribution is -0.137. The van der Waals surface area contributed by atoms with Gasteiger partial charge in [0.25, 0.3) is 5.89 Å². The summed E-state index contributed by atoms with van der Waals surface area (Å²) in [5.41, 5.74) is 5.19. The van der Waals surface area contributed by atoms with Crippen molar-refractivity contribution in [3.05, 3.63) is 48.2 Å². The average molecular weight is 419 g/mol. The smallest absolute Gasteiger partial charge is 0.367 e. The van der Waals surface area contributed by atoms with Crippen LogP contribution in [-0.2, 0) is 15.7 Å². The zero-order valence-corrected chi connectivity index (χ0v) is 15.5. The van der Waals surface area contributed by atoms with Crippen LogP contribution in [0.4, 0.5) is 19.0 Å². The molecule has 2 N–H and O–H groups in total. The van der Waals surface area contributed by atoms with Crippen molar-refractivity contribution in [1.29, 1.82) is 0 Å². The van der Waals surface area contributed by atoms with Gasteiger partial charge in [0, 0.05) is 18.3 Å². The van der Waals surface area contributed by atoms with E-state index in [0.29, 0.717) is 31.1 Å². The van der Waals surface area contributed by atoms with Gasteiger partial charge in [-0.1, -0.05) is 17.3 Å². The molecule has 3 aromatic rings. The Bertz CT molecular complexity index is 1050. The van der Waals surface area contributed by atoms with Crippen LogP contribution in [0.2, 0.25) is 0 Å². The number of anilines is 1. The molecule has 0 unspecified atom stereocenters. The first kappa shape index (κ1) is 19.8. The second kappa shape index (κ2) is 7.75. The highest BCUT2D eigenvalue weighted by Gasteiger charge is 2.31. The monoisotopic (exact) mass is 419 g/mol. The maximum atomic E-state index is 12.9. The first-order valence-corrected chi connectivity index (χ1v) is 8.95. The molecule has 0 aliphatic carbocycles. The molecule has 1 aromatic carbocycles. The molecule has 1 atom stereocenters. The summed E-state index contributed by atoms with van der Waals surface area (Å²) >= 11 is 0. The van der Waals surface area contributed by atoms with Crippen molar-refractivity contribution >= 4 is 11.7 Å². The Kier molecular flexibility index (Phi) is 5.12. The van der Waals surface area contributed by atoms with Crippen LogP contribution < -0.4 is 10.6 Å². The lowest BCUT2D eigenvalue weighted by Gasteiger charge is -2.32. The van der Waals surface area contributed by atoms with Gasteiger partial charge in [0.15, 0.2) is 6.10 Å². The number of aromatic nitrogens is 3. The van der Waals surface area contributed by atoms with Crippen LogP contribution in [0.15, 0.2) is 47.1 Å². The Labute approximate surface area is 168 Å². The zero-order chi connectivity index (χ0) is 21.3. The van der Waals surface area contributed by atoms with Crippen molar-refractivity contribution in [3.8, 4) is 22.8 Å². The van der Waals surface area contributed by atoms with Gasteiger partial charge in [-0.3, -0.25) is 4.79 Å². The van der Waals surface area contributed by atoms with Crippen molar-refractivity contribution < 1.29 is 27.2 Å². The normalized spacial score (nSPS) is 17.2. The molecule has 1 fully saturated rings. The van der Waals surface area contributed by atoms with Gasteiger partial charge in [0.2, 0.25) is 11.7 Å². The van der Waals surface area contributed by atoms with E-state index >= 15 is 0 Å². The second-order valence-corrected chi connectivity index (χ2v) is 6.61. The Morgan fingerprint density at radius 2 is 2.03 bits per heavy atom. The van der Waals surface area contributed by atoms with E-state index in [2.05, 4.69) is 15.1 Å². The number of halogens is 3. The first-order chi connectivity index (χ1) is 14.3. The minimum Gasteiger partial charge on any atom is -0.367 e. The molecule has 156 valence electrons. The number of amides is 1. The number of hydrogen-bond donors (Lipinski definition) is 1. The molecule has 3 heterocycles. The molecule has 1 aliphatic rings. The number of alkyl halides is 3. The fourth-order valence-electron chi connectivity index (χ4n) is 3.02. The van der Waals surface area contributed by atoms with Crippen LogP contribution in [0.25, 0.3) is 22.8 Å². The van der Waals surface area contributed by atoms with Crippen molar-refractivity contribution in [2.24, 2.45) is 5.73 Å². The molecular formula is C19H16F3N5O3. The predicted molar refractivity (Wildman–Crippen MR) is 99.1 cm³/mol. The van der Waals surface area contributed by atoms with Crippen LogP contribution in [-0.4, -0.2) is 46.8 Å². The van der Waals surface area contributed by atoms with Crippen LogP contribution >= 0.6 is 0 Å². The van der Waals surface area contributed by atoms with Crippen molar-refractivity contribution in [2.75, 3.05) is 24.6 Å². The summed E-state index contributed by atoms with van der Waals surface area (Å²) in [6, 6.07) is 8.10. The summed E-state index contributed by atoms with van der Waals surface area (Å²) in [5, 5.41) is 3.77. The van der Waals surface area contributed by atoms with Gasteiger partial charge in [0.1, 0.15) is 5.82 Å². The molecule has 1 saturated heterocycles. The molecule has 0 spiro atoms. The number of ether oxygens (including phenoxy) is 1. The van der Waals surface area contributed by atoms with Gasteiger partial charge in [-0.05, 0) is 24.3 Å². The molecule has 2 aromatic heterocycles. The van der Waals surface area contributed by atoms with Crippen LogP contribution in [0.1, 0.15) is 5.56 Å². The maximum absolute atomic E-state index is 12.9. The summed E-state index contributed by atoms with van der Waals surface area (Å²) in [7, 11) is 0. The van der Waals surface area contributed by atoms with Gasteiger partial charge in [-0.2, -0.15) is 18.2 Å². The fraction of sp³-hybridized carbons (Fsp3) is 0.263. The summed E-state index contributed by atoms with van der Waals surface area (Å²) in [6.07, 6.45) is -3.66. The summed E-state index contributed by atoms with van der Waals surface area (Å²) < 4.78 is 49.2.